The second kappa shape index (κ2) is 7.40. The number of rotatable bonds is 6. The summed E-state index contributed by atoms with van der Waals surface area (Å²) in [4.78, 5) is 13.8. The second-order valence-corrected chi connectivity index (χ2v) is 5.05. The zero-order valence-corrected chi connectivity index (χ0v) is 12.4. The summed E-state index contributed by atoms with van der Waals surface area (Å²) in [5.41, 5.74) is 2.34. The van der Waals surface area contributed by atoms with Crippen molar-refractivity contribution in [2.75, 3.05) is 32.8 Å². The molecule has 6 heteroatoms. The molecule has 2 heterocycles. The standard InChI is InChI=1S/C14H24N4O2/c1-3-13-12(11-17(2)16-13)10-15-5-4-14(19)18-6-8-20-9-7-18/h11,15H,3-10H2,1-2H3. The number of hydrogen-bond donors (Lipinski definition) is 1. The number of morpholine rings is 1. The third-order valence-corrected chi connectivity index (χ3v) is 3.52. The van der Waals surface area contributed by atoms with Crippen LogP contribution in [0.25, 0.3) is 0 Å². The summed E-state index contributed by atoms with van der Waals surface area (Å²) in [6.07, 6.45) is 3.52. The number of carbonyl (C=O) groups is 1. The fraction of sp³-hybridized carbons (Fsp3) is 0.714. The number of aryl methyl sites for hydroxylation is 2. The fourth-order valence-corrected chi connectivity index (χ4v) is 2.42. The van der Waals surface area contributed by atoms with Gasteiger partial charge in [0.1, 0.15) is 0 Å². The molecule has 0 radical (unpaired) electrons. The van der Waals surface area contributed by atoms with Crippen LogP contribution in [-0.4, -0.2) is 53.4 Å². The van der Waals surface area contributed by atoms with E-state index in [1.807, 2.05) is 22.8 Å². The van der Waals surface area contributed by atoms with Crippen molar-refractivity contribution in [3.05, 3.63) is 17.5 Å². The fourth-order valence-electron chi connectivity index (χ4n) is 2.42. The van der Waals surface area contributed by atoms with Gasteiger partial charge in [-0.15, -0.1) is 0 Å². The summed E-state index contributed by atoms with van der Waals surface area (Å²) in [6, 6.07) is 0. The minimum Gasteiger partial charge on any atom is -0.378 e. The van der Waals surface area contributed by atoms with E-state index in [0.717, 1.165) is 31.7 Å². The minimum absolute atomic E-state index is 0.211. The van der Waals surface area contributed by atoms with Crippen LogP contribution in [0.5, 0.6) is 0 Å². The lowest BCUT2D eigenvalue weighted by Crippen LogP contribution is -2.41. The average molecular weight is 280 g/mol. The van der Waals surface area contributed by atoms with Crippen molar-refractivity contribution >= 4 is 5.91 Å². The highest BCUT2D eigenvalue weighted by molar-refractivity contribution is 5.76. The van der Waals surface area contributed by atoms with E-state index in [9.17, 15) is 4.79 Å². The van der Waals surface area contributed by atoms with Gasteiger partial charge in [-0.05, 0) is 6.42 Å². The maximum Gasteiger partial charge on any atom is 0.224 e. The van der Waals surface area contributed by atoms with Crippen molar-refractivity contribution in [2.24, 2.45) is 7.05 Å². The molecule has 1 N–H and O–H groups in total. The SMILES string of the molecule is CCc1nn(C)cc1CNCCC(=O)N1CCOCC1. The van der Waals surface area contributed by atoms with Crippen LogP contribution in [0, 0.1) is 0 Å². The molecular weight excluding hydrogens is 256 g/mol. The lowest BCUT2D eigenvalue weighted by Gasteiger charge is -2.26. The molecule has 0 spiro atoms. The van der Waals surface area contributed by atoms with Crippen molar-refractivity contribution in [1.29, 1.82) is 0 Å². The number of amides is 1. The first-order valence-electron chi connectivity index (χ1n) is 7.28. The molecule has 1 aromatic heterocycles. The van der Waals surface area contributed by atoms with Gasteiger partial charge in [0.15, 0.2) is 0 Å². The molecule has 1 fully saturated rings. The molecule has 20 heavy (non-hydrogen) atoms. The van der Waals surface area contributed by atoms with Crippen LogP contribution in [0.3, 0.4) is 0 Å². The predicted molar refractivity (Wildman–Crippen MR) is 76.3 cm³/mol. The quantitative estimate of drug-likeness (QED) is 0.763. The van der Waals surface area contributed by atoms with Crippen LogP contribution >= 0.6 is 0 Å². The van der Waals surface area contributed by atoms with Gasteiger partial charge < -0.3 is 15.0 Å². The number of nitrogens with one attached hydrogen (secondary N) is 1. The van der Waals surface area contributed by atoms with Gasteiger partial charge in [0.25, 0.3) is 0 Å². The summed E-state index contributed by atoms with van der Waals surface area (Å²) in [6.45, 7) is 6.35. The van der Waals surface area contributed by atoms with Gasteiger partial charge in [0, 0.05) is 51.4 Å². The average Bonchev–Trinajstić information content (AvgIpc) is 2.84. The van der Waals surface area contributed by atoms with Gasteiger partial charge in [-0.1, -0.05) is 6.92 Å². The zero-order chi connectivity index (χ0) is 14.4. The van der Waals surface area contributed by atoms with Crippen LogP contribution in [0.1, 0.15) is 24.6 Å². The number of carbonyl (C=O) groups excluding carboxylic acids is 1. The van der Waals surface area contributed by atoms with E-state index in [1.54, 1.807) is 0 Å². The molecular formula is C14H24N4O2. The molecule has 0 saturated carbocycles. The van der Waals surface area contributed by atoms with E-state index < -0.39 is 0 Å². The highest BCUT2D eigenvalue weighted by Gasteiger charge is 2.16. The van der Waals surface area contributed by atoms with Crippen molar-refractivity contribution < 1.29 is 9.53 Å². The molecule has 1 aromatic rings. The Morgan fingerprint density at radius 1 is 1.45 bits per heavy atom. The van der Waals surface area contributed by atoms with Crippen molar-refractivity contribution in [3.63, 3.8) is 0 Å². The van der Waals surface area contributed by atoms with Gasteiger partial charge >= 0.3 is 0 Å². The predicted octanol–water partition coefficient (Wildman–Crippen LogP) is 0.321. The monoisotopic (exact) mass is 280 g/mol. The van der Waals surface area contributed by atoms with Crippen molar-refractivity contribution in [3.8, 4) is 0 Å². The summed E-state index contributed by atoms with van der Waals surface area (Å²) in [7, 11) is 1.94. The first-order valence-corrected chi connectivity index (χ1v) is 7.28. The van der Waals surface area contributed by atoms with E-state index in [2.05, 4.69) is 17.3 Å². The molecule has 0 atom stereocenters. The van der Waals surface area contributed by atoms with Gasteiger partial charge in [0.05, 0.1) is 18.9 Å². The van der Waals surface area contributed by atoms with Gasteiger partial charge in [-0.2, -0.15) is 5.10 Å². The summed E-state index contributed by atoms with van der Waals surface area (Å²) in [5, 5.41) is 7.73. The third-order valence-electron chi connectivity index (χ3n) is 3.52. The molecule has 0 bridgehead atoms. The van der Waals surface area contributed by atoms with Gasteiger partial charge in [-0.3, -0.25) is 9.48 Å². The van der Waals surface area contributed by atoms with E-state index in [1.165, 1.54) is 5.56 Å². The van der Waals surface area contributed by atoms with Gasteiger partial charge in [0.2, 0.25) is 5.91 Å². The number of nitrogens with zero attached hydrogens (tertiary/aromatic N) is 3. The normalized spacial score (nSPS) is 15.6. The lowest BCUT2D eigenvalue weighted by atomic mass is 10.2. The number of aromatic nitrogens is 2. The molecule has 1 amide bonds. The number of hydrogen-bond acceptors (Lipinski definition) is 4. The summed E-state index contributed by atoms with van der Waals surface area (Å²) < 4.78 is 7.08. The first kappa shape index (κ1) is 15.0. The zero-order valence-electron chi connectivity index (χ0n) is 12.4. The number of ether oxygens (including phenoxy) is 1. The molecule has 1 aliphatic heterocycles. The van der Waals surface area contributed by atoms with E-state index in [4.69, 9.17) is 4.74 Å². The van der Waals surface area contributed by atoms with E-state index >= 15 is 0 Å². The molecule has 0 aliphatic carbocycles. The van der Waals surface area contributed by atoms with Crippen LogP contribution in [0.15, 0.2) is 6.20 Å². The smallest absolute Gasteiger partial charge is 0.224 e. The molecule has 2 rings (SSSR count). The molecule has 0 unspecified atom stereocenters. The highest BCUT2D eigenvalue weighted by Crippen LogP contribution is 2.06. The Morgan fingerprint density at radius 3 is 2.90 bits per heavy atom. The van der Waals surface area contributed by atoms with E-state index in [0.29, 0.717) is 26.2 Å². The van der Waals surface area contributed by atoms with Crippen molar-refractivity contribution in [1.82, 2.24) is 20.0 Å². The second-order valence-electron chi connectivity index (χ2n) is 5.05. The van der Waals surface area contributed by atoms with E-state index in [-0.39, 0.29) is 5.91 Å². The molecule has 112 valence electrons. The van der Waals surface area contributed by atoms with Crippen LogP contribution in [0.4, 0.5) is 0 Å². The highest BCUT2D eigenvalue weighted by atomic mass is 16.5. The Bertz CT molecular complexity index is 438. The molecule has 6 nitrogen and oxygen atoms in total. The third kappa shape index (κ3) is 4.05. The lowest BCUT2D eigenvalue weighted by molar-refractivity contribution is -0.135. The van der Waals surface area contributed by atoms with Crippen LogP contribution in [-0.2, 0) is 29.5 Å². The maximum atomic E-state index is 12.0. The Morgan fingerprint density at radius 2 is 2.20 bits per heavy atom. The Kier molecular flexibility index (Phi) is 5.55. The summed E-state index contributed by atoms with van der Waals surface area (Å²) >= 11 is 0. The summed E-state index contributed by atoms with van der Waals surface area (Å²) in [5.74, 6) is 0.211. The Hall–Kier alpha value is -1.40. The van der Waals surface area contributed by atoms with Crippen LogP contribution < -0.4 is 5.32 Å². The molecule has 1 aliphatic rings. The molecule has 0 aromatic carbocycles. The molecule has 1 saturated heterocycles. The Labute approximate surface area is 120 Å². The largest absolute Gasteiger partial charge is 0.378 e. The van der Waals surface area contributed by atoms with Crippen LogP contribution in [0.2, 0.25) is 0 Å². The topological polar surface area (TPSA) is 59.4 Å². The minimum atomic E-state index is 0.211. The maximum absolute atomic E-state index is 12.0. The van der Waals surface area contributed by atoms with Gasteiger partial charge in [-0.25, -0.2) is 0 Å². The van der Waals surface area contributed by atoms with Crippen molar-refractivity contribution in [2.45, 2.75) is 26.3 Å². The first-order chi connectivity index (χ1) is 9.70. The Balaban J connectivity index is 1.69.